The Balaban J connectivity index is 1.76. The molecule has 3 aromatic rings. The Morgan fingerprint density at radius 3 is 2.79 bits per heavy atom. The largest absolute Gasteiger partial charge is 0.493 e. The predicted octanol–water partition coefficient (Wildman–Crippen LogP) is 1.26. The van der Waals surface area contributed by atoms with Gasteiger partial charge in [0.2, 0.25) is 0 Å². The van der Waals surface area contributed by atoms with Crippen molar-refractivity contribution in [3.05, 3.63) is 47.9 Å². The summed E-state index contributed by atoms with van der Waals surface area (Å²) in [6.07, 6.45) is 4.67. The Labute approximate surface area is 168 Å². The summed E-state index contributed by atoms with van der Waals surface area (Å²) in [6, 6.07) is 4.99. The summed E-state index contributed by atoms with van der Waals surface area (Å²) in [5.41, 5.74) is 2.01. The summed E-state index contributed by atoms with van der Waals surface area (Å²) < 4.78 is 20.0. The lowest BCUT2D eigenvalue weighted by atomic mass is 9.97. The second-order valence-electron chi connectivity index (χ2n) is 6.89. The lowest BCUT2D eigenvalue weighted by Gasteiger charge is -2.41. The summed E-state index contributed by atoms with van der Waals surface area (Å²) >= 11 is 0. The van der Waals surface area contributed by atoms with Gasteiger partial charge in [-0.3, -0.25) is 4.79 Å². The maximum absolute atomic E-state index is 13.5. The molecule has 3 heterocycles. The molecule has 1 aliphatic rings. The van der Waals surface area contributed by atoms with Crippen LogP contribution in [-0.4, -0.2) is 70.2 Å². The van der Waals surface area contributed by atoms with Crippen molar-refractivity contribution in [1.29, 1.82) is 0 Å². The van der Waals surface area contributed by atoms with Crippen LogP contribution in [0.25, 0.3) is 5.65 Å². The number of aliphatic hydroxyl groups excluding tert-OH is 1. The Hall–Kier alpha value is -3.04. The van der Waals surface area contributed by atoms with Crippen molar-refractivity contribution in [2.45, 2.75) is 12.1 Å². The van der Waals surface area contributed by atoms with Gasteiger partial charge in [-0.15, -0.1) is 0 Å². The first kappa shape index (κ1) is 19.3. The van der Waals surface area contributed by atoms with Gasteiger partial charge in [0.05, 0.1) is 39.7 Å². The van der Waals surface area contributed by atoms with Crippen molar-refractivity contribution < 1.29 is 24.1 Å². The van der Waals surface area contributed by atoms with Gasteiger partial charge in [0, 0.05) is 26.0 Å². The highest BCUT2D eigenvalue weighted by Gasteiger charge is 2.38. The van der Waals surface area contributed by atoms with Crippen LogP contribution < -0.4 is 9.47 Å². The number of hydrogen-bond acceptors (Lipinski definition) is 6. The monoisotopic (exact) mass is 400 g/mol. The fourth-order valence-electron chi connectivity index (χ4n) is 3.90. The smallest absolute Gasteiger partial charge is 0.259 e. The maximum atomic E-state index is 13.5. The quantitative estimate of drug-likeness (QED) is 0.694. The lowest BCUT2D eigenvalue weighted by Crippen LogP contribution is -2.49. The number of aromatic nitrogens is 3. The minimum absolute atomic E-state index is 0.164. The topological polar surface area (TPSA) is 90.5 Å². The first-order valence-electron chi connectivity index (χ1n) is 9.33. The van der Waals surface area contributed by atoms with Crippen molar-refractivity contribution in [2.24, 2.45) is 7.05 Å². The molecule has 1 saturated heterocycles. The van der Waals surface area contributed by atoms with E-state index in [0.29, 0.717) is 35.9 Å². The van der Waals surface area contributed by atoms with E-state index in [2.05, 4.69) is 5.10 Å². The number of benzene rings is 1. The van der Waals surface area contributed by atoms with Gasteiger partial charge in [0.1, 0.15) is 17.3 Å². The summed E-state index contributed by atoms with van der Waals surface area (Å²) in [5.74, 6) is 0.979. The van der Waals surface area contributed by atoms with Crippen LogP contribution >= 0.6 is 0 Å². The highest BCUT2D eigenvalue weighted by atomic mass is 16.5. The molecule has 1 fully saturated rings. The molecule has 9 heteroatoms. The van der Waals surface area contributed by atoms with E-state index in [0.717, 1.165) is 5.56 Å². The molecule has 2 aromatic heterocycles. The number of amides is 1. The highest BCUT2D eigenvalue weighted by Crippen LogP contribution is 2.36. The molecule has 0 radical (unpaired) electrons. The average molecular weight is 400 g/mol. The molecule has 1 aromatic carbocycles. The molecular formula is C20H24N4O5. The van der Waals surface area contributed by atoms with Crippen LogP contribution in [0.15, 0.2) is 36.8 Å². The number of aliphatic hydroxyl groups is 1. The van der Waals surface area contributed by atoms with Gasteiger partial charge in [-0.25, -0.2) is 4.52 Å². The fourth-order valence-corrected chi connectivity index (χ4v) is 3.90. The van der Waals surface area contributed by atoms with E-state index in [1.807, 2.05) is 29.9 Å². The zero-order valence-electron chi connectivity index (χ0n) is 16.6. The summed E-state index contributed by atoms with van der Waals surface area (Å²) in [6.45, 7) is 0.533. The molecule has 2 atom stereocenters. The zero-order chi connectivity index (χ0) is 20.5. The van der Waals surface area contributed by atoms with E-state index in [1.165, 1.54) is 0 Å². The molecule has 9 nitrogen and oxygen atoms in total. The van der Waals surface area contributed by atoms with E-state index in [9.17, 15) is 9.90 Å². The Morgan fingerprint density at radius 2 is 2.07 bits per heavy atom. The normalized spacial score (nSPS) is 19.5. The SMILES string of the molecule is COc1ccc([C@@H]2[C@@H](CO)OCCN2C(=O)c2cnn3ccn(C)c23)cc1OC. The molecule has 0 aliphatic carbocycles. The molecule has 1 N–H and O–H groups in total. The maximum Gasteiger partial charge on any atom is 0.259 e. The highest BCUT2D eigenvalue weighted by molar-refractivity contribution is 6.00. The molecule has 154 valence electrons. The van der Waals surface area contributed by atoms with E-state index >= 15 is 0 Å². The molecule has 0 unspecified atom stereocenters. The third kappa shape index (κ3) is 3.22. The number of methoxy groups -OCH3 is 2. The van der Waals surface area contributed by atoms with Crippen molar-refractivity contribution in [1.82, 2.24) is 19.1 Å². The molecule has 0 bridgehead atoms. The van der Waals surface area contributed by atoms with E-state index in [4.69, 9.17) is 14.2 Å². The predicted molar refractivity (Wildman–Crippen MR) is 104 cm³/mol. The van der Waals surface area contributed by atoms with Gasteiger partial charge in [-0.05, 0) is 17.7 Å². The summed E-state index contributed by atoms with van der Waals surface area (Å²) in [7, 11) is 5.00. The Kier molecular flexibility index (Phi) is 5.16. The number of hydrogen-bond donors (Lipinski definition) is 1. The molecule has 1 amide bonds. The van der Waals surface area contributed by atoms with Gasteiger partial charge in [-0.2, -0.15) is 5.10 Å². The van der Waals surface area contributed by atoms with Crippen LogP contribution in [-0.2, 0) is 11.8 Å². The van der Waals surface area contributed by atoms with Gasteiger partial charge in [0.15, 0.2) is 11.5 Å². The summed E-state index contributed by atoms with van der Waals surface area (Å²) in [4.78, 5) is 15.2. The number of carbonyl (C=O) groups is 1. The molecular weight excluding hydrogens is 376 g/mol. The third-order valence-electron chi connectivity index (χ3n) is 5.31. The number of rotatable bonds is 5. The van der Waals surface area contributed by atoms with Gasteiger partial charge in [0.25, 0.3) is 5.91 Å². The molecule has 1 aliphatic heterocycles. The standard InChI is InChI=1S/C20H24N4O5/c1-22-6-7-24-19(22)14(11-21-24)20(26)23-8-9-29-17(12-25)18(23)13-4-5-15(27-2)16(10-13)28-3/h4-7,10-11,17-18,25H,8-9,12H2,1-3H3/t17-,18-/m1/s1. The van der Waals surface area contributed by atoms with E-state index in [1.54, 1.807) is 42.1 Å². The Morgan fingerprint density at radius 1 is 1.28 bits per heavy atom. The number of imidazole rings is 1. The van der Waals surface area contributed by atoms with Crippen molar-refractivity contribution in [3.8, 4) is 11.5 Å². The van der Waals surface area contributed by atoms with Crippen LogP contribution in [0.5, 0.6) is 11.5 Å². The van der Waals surface area contributed by atoms with Crippen LogP contribution in [0.3, 0.4) is 0 Å². The minimum atomic E-state index is -0.551. The molecule has 0 spiro atoms. The number of aryl methyl sites for hydroxylation is 1. The number of fused-ring (bicyclic) bond motifs is 1. The second-order valence-corrected chi connectivity index (χ2v) is 6.89. The second kappa shape index (κ2) is 7.76. The van der Waals surface area contributed by atoms with Crippen LogP contribution in [0, 0.1) is 0 Å². The number of carbonyl (C=O) groups excluding carboxylic acids is 1. The van der Waals surface area contributed by atoms with Gasteiger partial charge in [-0.1, -0.05) is 6.07 Å². The lowest BCUT2D eigenvalue weighted by molar-refractivity contribution is -0.0811. The molecule has 29 heavy (non-hydrogen) atoms. The van der Waals surface area contributed by atoms with Crippen LogP contribution in [0.1, 0.15) is 22.0 Å². The molecule has 4 rings (SSSR count). The Bertz CT molecular complexity index is 1030. The first-order valence-corrected chi connectivity index (χ1v) is 9.33. The van der Waals surface area contributed by atoms with Crippen molar-refractivity contribution in [3.63, 3.8) is 0 Å². The van der Waals surface area contributed by atoms with Crippen LogP contribution in [0.2, 0.25) is 0 Å². The number of nitrogens with zero attached hydrogens (tertiary/aromatic N) is 4. The third-order valence-corrected chi connectivity index (χ3v) is 5.31. The number of morpholine rings is 1. The van der Waals surface area contributed by atoms with Crippen LogP contribution in [0.4, 0.5) is 0 Å². The zero-order valence-corrected chi connectivity index (χ0v) is 16.6. The van der Waals surface area contributed by atoms with E-state index < -0.39 is 12.1 Å². The minimum Gasteiger partial charge on any atom is -0.493 e. The first-order chi connectivity index (χ1) is 14.1. The number of ether oxygens (including phenoxy) is 3. The van der Waals surface area contributed by atoms with Crippen molar-refractivity contribution in [2.75, 3.05) is 34.0 Å². The summed E-state index contributed by atoms with van der Waals surface area (Å²) in [5, 5.41) is 14.2. The van der Waals surface area contributed by atoms with Gasteiger partial charge >= 0.3 is 0 Å². The van der Waals surface area contributed by atoms with Gasteiger partial charge < -0.3 is 28.8 Å². The fraction of sp³-hybridized carbons (Fsp3) is 0.400. The molecule has 0 saturated carbocycles. The average Bonchev–Trinajstić information content (AvgIpc) is 3.35. The van der Waals surface area contributed by atoms with E-state index in [-0.39, 0.29) is 12.5 Å². The van der Waals surface area contributed by atoms with Crippen molar-refractivity contribution >= 4 is 11.6 Å².